The molecule has 0 aliphatic carbocycles. The van der Waals surface area contributed by atoms with E-state index < -0.39 is 0 Å². The molecule has 2 aliphatic rings. The minimum atomic E-state index is 0.312. The molecule has 0 amide bonds. The van der Waals surface area contributed by atoms with Crippen LogP contribution in [0.15, 0.2) is 72.1 Å². The Balaban J connectivity index is 2.08. The van der Waals surface area contributed by atoms with Crippen molar-refractivity contribution in [3.63, 3.8) is 0 Å². The van der Waals surface area contributed by atoms with Gasteiger partial charge in [-0.3, -0.25) is 0 Å². The summed E-state index contributed by atoms with van der Waals surface area (Å²) in [5.74, 6) is 0.891. The number of rotatable bonds is 2. The fourth-order valence-electron chi connectivity index (χ4n) is 3.11. The summed E-state index contributed by atoms with van der Waals surface area (Å²) < 4.78 is 0. The molecule has 3 rings (SSSR count). The summed E-state index contributed by atoms with van der Waals surface area (Å²) in [6.07, 6.45) is 8.92. The Morgan fingerprint density at radius 1 is 1.25 bits per heavy atom. The quantitative estimate of drug-likeness (QED) is 0.712. The van der Waals surface area contributed by atoms with Gasteiger partial charge in [0, 0.05) is 17.1 Å². The van der Waals surface area contributed by atoms with Crippen LogP contribution >= 0.6 is 0 Å². The standard InChI is InChI=1S/C19H21N/c1-13(2)8-7-9-16-12-14(3)20-15(4)19(16)17-10-5-6-11-18(17)20/h5-13,19H,4H2,1-3H3/b8-7+,16-9-/t19-/m0/s1. The Kier molecular flexibility index (Phi) is 3.13. The minimum Gasteiger partial charge on any atom is -0.318 e. The van der Waals surface area contributed by atoms with Crippen molar-refractivity contribution in [2.45, 2.75) is 26.7 Å². The second kappa shape index (κ2) is 4.82. The molecule has 2 aliphatic heterocycles. The molecular weight excluding hydrogens is 242 g/mol. The molecule has 1 nitrogen and oxygen atoms in total. The number of hydrogen-bond acceptors (Lipinski definition) is 1. The zero-order valence-corrected chi connectivity index (χ0v) is 12.4. The second-order valence-corrected chi connectivity index (χ2v) is 5.90. The van der Waals surface area contributed by atoms with Gasteiger partial charge in [-0.25, -0.2) is 0 Å². The molecule has 2 bridgehead atoms. The summed E-state index contributed by atoms with van der Waals surface area (Å²) in [6.45, 7) is 10.9. The van der Waals surface area contributed by atoms with Crippen LogP contribution in [0.1, 0.15) is 32.3 Å². The monoisotopic (exact) mass is 263 g/mol. The third-order valence-corrected chi connectivity index (χ3v) is 3.96. The number of anilines is 1. The van der Waals surface area contributed by atoms with Crippen LogP contribution in [0, 0.1) is 5.92 Å². The van der Waals surface area contributed by atoms with Crippen molar-refractivity contribution in [1.29, 1.82) is 0 Å². The average molecular weight is 263 g/mol. The molecule has 1 atom stereocenters. The van der Waals surface area contributed by atoms with Gasteiger partial charge in [-0.1, -0.05) is 56.9 Å². The fourth-order valence-corrected chi connectivity index (χ4v) is 3.11. The van der Waals surface area contributed by atoms with Gasteiger partial charge in [-0.15, -0.1) is 0 Å². The van der Waals surface area contributed by atoms with E-state index in [1.54, 1.807) is 0 Å². The van der Waals surface area contributed by atoms with Gasteiger partial charge in [0.2, 0.25) is 0 Å². The molecule has 0 spiro atoms. The van der Waals surface area contributed by atoms with Gasteiger partial charge < -0.3 is 4.90 Å². The van der Waals surface area contributed by atoms with Crippen LogP contribution in [0.2, 0.25) is 0 Å². The minimum absolute atomic E-state index is 0.312. The first kappa shape index (κ1) is 13.0. The highest BCUT2D eigenvalue weighted by molar-refractivity contribution is 5.77. The fraction of sp³-hybridized carbons (Fsp3) is 0.263. The van der Waals surface area contributed by atoms with Crippen LogP contribution in [0.3, 0.4) is 0 Å². The average Bonchev–Trinajstić information content (AvgIpc) is 2.61. The summed E-state index contributed by atoms with van der Waals surface area (Å²) in [7, 11) is 0. The largest absolute Gasteiger partial charge is 0.318 e. The van der Waals surface area contributed by atoms with Crippen LogP contribution in [0.4, 0.5) is 5.69 Å². The van der Waals surface area contributed by atoms with Crippen molar-refractivity contribution in [2.24, 2.45) is 5.92 Å². The maximum absolute atomic E-state index is 4.32. The van der Waals surface area contributed by atoms with Crippen molar-refractivity contribution in [1.82, 2.24) is 0 Å². The third kappa shape index (κ3) is 1.94. The van der Waals surface area contributed by atoms with E-state index >= 15 is 0 Å². The molecule has 1 aromatic carbocycles. The SMILES string of the molecule is C=C1[C@H]2/C(=C\C=C\C(C)C)C=C(C)N1c1ccccc12. The molecule has 102 valence electrons. The number of para-hydroxylation sites is 1. The van der Waals surface area contributed by atoms with Crippen molar-refractivity contribution < 1.29 is 0 Å². The summed E-state index contributed by atoms with van der Waals surface area (Å²) >= 11 is 0. The Labute approximate surface area is 121 Å². The van der Waals surface area contributed by atoms with E-state index in [9.17, 15) is 0 Å². The smallest absolute Gasteiger partial charge is 0.0512 e. The first-order chi connectivity index (χ1) is 9.59. The van der Waals surface area contributed by atoms with Crippen LogP contribution in [0.25, 0.3) is 0 Å². The number of nitrogens with zero attached hydrogens (tertiary/aromatic N) is 1. The molecule has 0 fully saturated rings. The number of benzene rings is 1. The van der Waals surface area contributed by atoms with E-state index in [4.69, 9.17) is 0 Å². The van der Waals surface area contributed by atoms with E-state index in [2.05, 4.69) is 80.8 Å². The molecule has 0 N–H and O–H groups in total. The lowest BCUT2D eigenvalue weighted by Gasteiger charge is -2.28. The predicted molar refractivity (Wildman–Crippen MR) is 86.6 cm³/mol. The molecule has 0 saturated heterocycles. The number of fused-ring (bicyclic) bond motifs is 5. The maximum Gasteiger partial charge on any atom is 0.0512 e. The van der Waals surface area contributed by atoms with Crippen molar-refractivity contribution in [3.8, 4) is 0 Å². The van der Waals surface area contributed by atoms with Gasteiger partial charge in [0.1, 0.15) is 0 Å². The number of hydrogen-bond donors (Lipinski definition) is 0. The van der Waals surface area contributed by atoms with Crippen LogP contribution in [-0.2, 0) is 0 Å². The highest BCUT2D eigenvalue weighted by Crippen LogP contribution is 2.51. The van der Waals surface area contributed by atoms with Gasteiger partial charge in [0.05, 0.1) is 5.92 Å². The van der Waals surface area contributed by atoms with Crippen molar-refractivity contribution in [3.05, 3.63) is 77.7 Å². The Morgan fingerprint density at radius 2 is 2.00 bits per heavy atom. The lowest BCUT2D eigenvalue weighted by atomic mass is 9.88. The van der Waals surface area contributed by atoms with Crippen LogP contribution in [-0.4, -0.2) is 0 Å². The molecule has 2 heterocycles. The van der Waals surface area contributed by atoms with Gasteiger partial charge in [0.25, 0.3) is 0 Å². The van der Waals surface area contributed by atoms with Gasteiger partial charge in [0.15, 0.2) is 0 Å². The molecule has 0 radical (unpaired) electrons. The van der Waals surface area contributed by atoms with E-state index in [0.717, 1.165) is 0 Å². The molecule has 0 saturated carbocycles. The van der Waals surface area contributed by atoms with Crippen LogP contribution < -0.4 is 4.90 Å². The maximum atomic E-state index is 4.32. The first-order valence-corrected chi connectivity index (χ1v) is 7.24. The molecule has 1 heteroatoms. The van der Waals surface area contributed by atoms with E-state index in [-0.39, 0.29) is 0 Å². The molecular formula is C19H21N. The van der Waals surface area contributed by atoms with Crippen molar-refractivity contribution >= 4 is 5.69 Å². The van der Waals surface area contributed by atoms with E-state index in [1.165, 1.54) is 28.2 Å². The summed E-state index contributed by atoms with van der Waals surface area (Å²) in [5.41, 5.74) is 6.42. The van der Waals surface area contributed by atoms with E-state index in [0.29, 0.717) is 11.8 Å². The van der Waals surface area contributed by atoms with Crippen molar-refractivity contribution in [2.75, 3.05) is 4.90 Å². The Morgan fingerprint density at radius 3 is 2.75 bits per heavy atom. The van der Waals surface area contributed by atoms with E-state index in [1.807, 2.05) is 0 Å². The third-order valence-electron chi connectivity index (χ3n) is 3.96. The van der Waals surface area contributed by atoms with Gasteiger partial charge in [-0.2, -0.15) is 0 Å². The van der Waals surface area contributed by atoms with Crippen LogP contribution in [0.5, 0.6) is 0 Å². The predicted octanol–water partition coefficient (Wildman–Crippen LogP) is 5.16. The topological polar surface area (TPSA) is 3.24 Å². The Bertz CT molecular complexity index is 643. The second-order valence-electron chi connectivity index (χ2n) is 5.90. The number of allylic oxidation sites excluding steroid dienone is 6. The van der Waals surface area contributed by atoms with Gasteiger partial charge >= 0.3 is 0 Å². The molecule has 0 unspecified atom stereocenters. The summed E-state index contributed by atoms with van der Waals surface area (Å²) in [6, 6.07) is 8.62. The zero-order valence-electron chi connectivity index (χ0n) is 12.4. The normalized spacial score (nSPS) is 22.9. The molecule has 1 aromatic rings. The highest BCUT2D eigenvalue weighted by Gasteiger charge is 2.37. The molecule has 0 aromatic heterocycles. The summed E-state index contributed by atoms with van der Waals surface area (Å²) in [5, 5.41) is 0. The Hall–Kier alpha value is -2.02. The first-order valence-electron chi connectivity index (χ1n) is 7.24. The lowest BCUT2D eigenvalue weighted by Crippen LogP contribution is -2.21. The summed E-state index contributed by atoms with van der Waals surface area (Å²) in [4.78, 5) is 2.28. The van der Waals surface area contributed by atoms with Gasteiger partial charge in [-0.05, 0) is 36.1 Å². The lowest BCUT2D eigenvalue weighted by molar-refractivity contribution is 0.831. The molecule has 20 heavy (non-hydrogen) atoms. The zero-order chi connectivity index (χ0) is 14.3. The highest BCUT2D eigenvalue weighted by atomic mass is 15.2.